The van der Waals surface area contributed by atoms with Crippen molar-refractivity contribution < 1.29 is 14.3 Å². The van der Waals surface area contributed by atoms with Crippen LogP contribution in [0.5, 0.6) is 5.88 Å². The minimum absolute atomic E-state index is 0.0987. The zero-order chi connectivity index (χ0) is 33.9. The molecule has 5 aromatic rings. The number of carbonyl (C=O) groups is 2. The van der Waals surface area contributed by atoms with Gasteiger partial charge in [-0.25, -0.2) is 9.97 Å². The largest absolute Gasteiger partial charge is 0.481 e. The number of fused-ring (bicyclic) bond motifs is 1. The van der Waals surface area contributed by atoms with Gasteiger partial charge in [-0.2, -0.15) is 5.10 Å². The number of nitrogens with one attached hydrogen (secondary N) is 5. The molecular formula is C36H36Cl2N8O3. The van der Waals surface area contributed by atoms with E-state index in [1.807, 2.05) is 54.6 Å². The molecule has 2 atom stereocenters. The summed E-state index contributed by atoms with van der Waals surface area (Å²) in [6, 6.07) is 17.9. The molecule has 2 fully saturated rings. The Hall–Kier alpha value is -4.55. The number of rotatable bonds is 12. The number of carbonyl (C=O) groups excluding carboxylic acids is 2. The zero-order valence-corrected chi connectivity index (χ0v) is 28.4. The number of pyridine rings is 2. The highest BCUT2D eigenvalue weighted by molar-refractivity contribution is 6.39. The molecule has 0 spiro atoms. The van der Waals surface area contributed by atoms with Crippen LogP contribution in [0.3, 0.4) is 0 Å². The van der Waals surface area contributed by atoms with Crippen molar-refractivity contribution in [3.63, 3.8) is 0 Å². The van der Waals surface area contributed by atoms with E-state index in [0.717, 1.165) is 57.3 Å². The Morgan fingerprint density at radius 1 is 0.837 bits per heavy atom. The standard InChI is InChI=1S/C36H36Cl2N8O3/c1-49-36-20(15-39-17-22-9-12-31(47)42-22)8-11-29(44-36)27-7-3-6-26(34(27)38)25-5-2-4-24(33(25)37)21-14-28-30(45-46-35(28)41-16-21)19-40-18-23-10-13-32(48)43-23/h2-8,11,14,16,22-23,39-40H,9-10,12-13,15,17-19H2,1H3,(H,42,47)(H,43,48)(H,41,45,46)/t22-,23-/m0/s1. The first-order valence-corrected chi connectivity index (χ1v) is 17.1. The molecule has 49 heavy (non-hydrogen) atoms. The van der Waals surface area contributed by atoms with E-state index >= 15 is 0 Å². The fourth-order valence-corrected chi connectivity index (χ4v) is 7.14. The quantitative estimate of drug-likeness (QED) is 0.116. The maximum atomic E-state index is 11.5. The van der Waals surface area contributed by atoms with Crippen LogP contribution < -0.4 is 26.0 Å². The number of amides is 2. The molecule has 13 heteroatoms. The van der Waals surface area contributed by atoms with Crippen LogP contribution >= 0.6 is 23.2 Å². The third kappa shape index (κ3) is 7.11. The summed E-state index contributed by atoms with van der Waals surface area (Å²) in [5, 5.41) is 22.2. The van der Waals surface area contributed by atoms with E-state index in [0.29, 0.717) is 66.3 Å². The molecule has 5 heterocycles. The highest BCUT2D eigenvalue weighted by Crippen LogP contribution is 2.42. The molecule has 0 aliphatic carbocycles. The van der Waals surface area contributed by atoms with E-state index < -0.39 is 0 Å². The molecule has 0 bridgehead atoms. The molecule has 0 unspecified atom stereocenters. The number of benzene rings is 2. The molecule has 11 nitrogen and oxygen atoms in total. The van der Waals surface area contributed by atoms with Gasteiger partial charge in [0.2, 0.25) is 17.7 Å². The summed E-state index contributed by atoms with van der Waals surface area (Å²) < 4.78 is 5.65. The summed E-state index contributed by atoms with van der Waals surface area (Å²) in [5.74, 6) is 0.701. The van der Waals surface area contributed by atoms with Crippen molar-refractivity contribution in [2.24, 2.45) is 0 Å². The van der Waals surface area contributed by atoms with Crippen LogP contribution in [0.15, 0.2) is 60.8 Å². The van der Waals surface area contributed by atoms with Gasteiger partial charge in [0, 0.05) is 96.1 Å². The summed E-state index contributed by atoms with van der Waals surface area (Å²) in [6.45, 7) is 2.44. The van der Waals surface area contributed by atoms with Crippen LogP contribution in [0.4, 0.5) is 0 Å². The Morgan fingerprint density at radius 3 is 2.12 bits per heavy atom. The molecule has 2 aliphatic rings. The number of aromatic amines is 1. The van der Waals surface area contributed by atoms with Gasteiger partial charge in [0.1, 0.15) is 0 Å². The topological polar surface area (TPSA) is 146 Å². The number of nitrogens with zero attached hydrogens (tertiary/aromatic N) is 3. The molecule has 2 aromatic carbocycles. The molecule has 2 aliphatic heterocycles. The monoisotopic (exact) mass is 698 g/mol. The lowest BCUT2D eigenvalue weighted by Gasteiger charge is -2.15. The first-order valence-electron chi connectivity index (χ1n) is 16.3. The minimum Gasteiger partial charge on any atom is -0.481 e. The lowest BCUT2D eigenvalue weighted by Crippen LogP contribution is -2.35. The molecule has 5 N–H and O–H groups in total. The van der Waals surface area contributed by atoms with Crippen molar-refractivity contribution in [2.75, 3.05) is 20.2 Å². The maximum Gasteiger partial charge on any atom is 0.220 e. The van der Waals surface area contributed by atoms with E-state index in [4.69, 9.17) is 32.9 Å². The second-order valence-electron chi connectivity index (χ2n) is 12.4. The first-order chi connectivity index (χ1) is 23.9. The van der Waals surface area contributed by atoms with E-state index in [2.05, 4.69) is 36.4 Å². The van der Waals surface area contributed by atoms with Gasteiger partial charge >= 0.3 is 0 Å². The smallest absolute Gasteiger partial charge is 0.220 e. The van der Waals surface area contributed by atoms with Gasteiger partial charge in [-0.05, 0) is 25.0 Å². The number of methoxy groups -OCH3 is 1. The second kappa shape index (κ2) is 14.5. The van der Waals surface area contributed by atoms with Crippen molar-refractivity contribution in [3.05, 3.63) is 82.1 Å². The predicted octanol–water partition coefficient (Wildman–Crippen LogP) is 5.41. The van der Waals surface area contributed by atoms with Gasteiger partial charge in [0.05, 0.1) is 28.5 Å². The van der Waals surface area contributed by atoms with Crippen molar-refractivity contribution in [2.45, 2.75) is 50.9 Å². The molecule has 2 amide bonds. The van der Waals surface area contributed by atoms with Gasteiger partial charge < -0.3 is 26.0 Å². The van der Waals surface area contributed by atoms with Gasteiger partial charge in [-0.1, -0.05) is 65.7 Å². The highest BCUT2D eigenvalue weighted by Gasteiger charge is 2.22. The summed E-state index contributed by atoms with van der Waals surface area (Å²) in [5.41, 5.74) is 7.08. The summed E-state index contributed by atoms with van der Waals surface area (Å²) in [6.07, 6.45) is 4.59. The molecular weight excluding hydrogens is 663 g/mol. The summed E-state index contributed by atoms with van der Waals surface area (Å²) >= 11 is 14.2. The van der Waals surface area contributed by atoms with Crippen LogP contribution in [0.1, 0.15) is 36.9 Å². The summed E-state index contributed by atoms with van der Waals surface area (Å²) in [7, 11) is 1.60. The fraction of sp³-hybridized carbons (Fsp3) is 0.306. The Labute approximate surface area is 293 Å². The number of hydrogen-bond donors (Lipinski definition) is 5. The van der Waals surface area contributed by atoms with Crippen LogP contribution in [0, 0.1) is 0 Å². The van der Waals surface area contributed by atoms with Gasteiger partial charge in [0.15, 0.2) is 5.65 Å². The molecule has 3 aromatic heterocycles. The molecule has 7 rings (SSSR count). The first kappa shape index (κ1) is 33.0. The lowest BCUT2D eigenvalue weighted by molar-refractivity contribution is -0.120. The Balaban J connectivity index is 1.11. The van der Waals surface area contributed by atoms with E-state index in [1.54, 1.807) is 13.3 Å². The molecule has 0 saturated carbocycles. The Bertz CT molecular complexity index is 2030. The Kier molecular flexibility index (Phi) is 9.77. The minimum atomic E-state index is 0.0987. The number of halogens is 2. The SMILES string of the molecule is COc1nc(-c2cccc(-c3cccc(-c4cnc5[nH]nc(CNC[C@@H]6CCC(=O)N6)c5c4)c3Cl)c2Cl)ccc1CNC[C@@H]1CCC(=O)N1. The van der Waals surface area contributed by atoms with Gasteiger partial charge in [-0.3, -0.25) is 14.7 Å². The van der Waals surface area contributed by atoms with Crippen LogP contribution in [0.2, 0.25) is 10.0 Å². The van der Waals surface area contributed by atoms with Gasteiger partial charge in [0.25, 0.3) is 0 Å². The van der Waals surface area contributed by atoms with Crippen LogP contribution in [-0.4, -0.2) is 64.3 Å². The van der Waals surface area contributed by atoms with Crippen molar-refractivity contribution in [1.82, 2.24) is 41.4 Å². The number of H-pyrrole nitrogens is 1. The number of ether oxygens (including phenoxy) is 1. The average molecular weight is 700 g/mol. The number of hydrogen-bond acceptors (Lipinski definition) is 8. The Morgan fingerprint density at radius 2 is 1.47 bits per heavy atom. The van der Waals surface area contributed by atoms with E-state index in [-0.39, 0.29) is 23.9 Å². The second-order valence-corrected chi connectivity index (χ2v) is 13.1. The van der Waals surface area contributed by atoms with Crippen molar-refractivity contribution in [3.8, 4) is 39.4 Å². The molecule has 0 radical (unpaired) electrons. The molecule has 2 saturated heterocycles. The molecule has 252 valence electrons. The van der Waals surface area contributed by atoms with Crippen LogP contribution in [-0.2, 0) is 22.7 Å². The van der Waals surface area contributed by atoms with Crippen LogP contribution in [0.25, 0.3) is 44.5 Å². The third-order valence-corrected chi connectivity index (χ3v) is 9.88. The average Bonchev–Trinajstić information content (AvgIpc) is 3.84. The lowest BCUT2D eigenvalue weighted by atomic mass is 9.97. The van der Waals surface area contributed by atoms with Crippen molar-refractivity contribution in [1.29, 1.82) is 0 Å². The number of aromatic nitrogens is 4. The fourth-order valence-electron chi connectivity index (χ4n) is 6.47. The third-order valence-electron chi connectivity index (χ3n) is 9.06. The highest BCUT2D eigenvalue weighted by atomic mass is 35.5. The van der Waals surface area contributed by atoms with E-state index in [9.17, 15) is 9.59 Å². The summed E-state index contributed by atoms with van der Waals surface area (Å²) in [4.78, 5) is 32.5. The maximum absolute atomic E-state index is 11.5. The van der Waals surface area contributed by atoms with Gasteiger partial charge in [-0.15, -0.1) is 0 Å². The van der Waals surface area contributed by atoms with Crippen molar-refractivity contribution >= 4 is 46.0 Å². The normalized spacial score (nSPS) is 17.4. The zero-order valence-electron chi connectivity index (χ0n) is 26.9. The van der Waals surface area contributed by atoms with E-state index in [1.165, 1.54) is 0 Å². The predicted molar refractivity (Wildman–Crippen MR) is 190 cm³/mol.